The first-order valence-corrected chi connectivity index (χ1v) is 3.83. The van der Waals surface area contributed by atoms with Crippen LogP contribution in [0.15, 0.2) is 26.2 Å². The molecule has 0 saturated carbocycles. The average Bonchev–Trinajstić information content (AvgIpc) is 2.70. The molecule has 2 aromatic rings. The molecule has 72 valence electrons. The Bertz CT molecular complexity index is 477. The molecule has 0 aliphatic carbocycles. The van der Waals surface area contributed by atoms with Crippen molar-refractivity contribution in [3.8, 4) is 11.7 Å². The maximum Gasteiger partial charge on any atom is 0.433 e. The molecule has 8 heteroatoms. The van der Waals surface area contributed by atoms with Crippen LogP contribution >= 0.6 is 0 Å². The minimum atomic E-state index is -0.658. The van der Waals surface area contributed by atoms with Crippen molar-refractivity contribution in [1.29, 1.82) is 0 Å². The predicted molar refractivity (Wildman–Crippen MR) is 44.3 cm³/mol. The molecule has 0 radical (unpaired) electrons. The van der Waals surface area contributed by atoms with E-state index in [2.05, 4.69) is 22.8 Å². The SMILES string of the molecule is O=[N+]([O-])c1ccc(-c2nnc([S-])o2)o1. The van der Waals surface area contributed by atoms with E-state index in [9.17, 15) is 10.1 Å². The second kappa shape index (κ2) is 3.07. The van der Waals surface area contributed by atoms with Gasteiger partial charge in [0.2, 0.25) is 0 Å². The van der Waals surface area contributed by atoms with Gasteiger partial charge in [-0.1, -0.05) is 0 Å². The minimum Gasteiger partial charge on any atom is -0.719 e. The zero-order valence-electron chi connectivity index (χ0n) is 6.54. The molecular weight excluding hydrogens is 210 g/mol. The topological polar surface area (TPSA) is 95.2 Å². The lowest BCUT2D eigenvalue weighted by atomic mass is 10.4. The Morgan fingerprint density at radius 1 is 1.36 bits per heavy atom. The van der Waals surface area contributed by atoms with E-state index in [4.69, 9.17) is 8.83 Å². The van der Waals surface area contributed by atoms with Gasteiger partial charge in [-0.25, -0.2) is 0 Å². The summed E-state index contributed by atoms with van der Waals surface area (Å²) >= 11 is 4.58. The van der Waals surface area contributed by atoms with Gasteiger partial charge in [-0.3, -0.25) is 10.1 Å². The third kappa shape index (κ3) is 1.42. The quantitative estimate of drug-likeness (QED) is 0.418. The van der Waals surface area contributed by atoms with Crippen molar-refractivity contribution in [3.05, 3.63) is 22.2 Å². The third-order valence-corrected chi connectivity index (χ3v) is 1.55. The number of hydrogen-bond acceptors (Lipinski definition) is 7. The van der Waals surface area contributed by atoms with Crippen LogP contribution in [-0.4, -0.2) is 15.1 Å². The van der Waals surface area contributed by atoms with E-state index in [0.717, 1.165) is 0 Å². The summed E-state index contributed by atoms with van der Waals surface area (Å²) in [6.45, 7) is 0. The largest absolute Gasteiger partial charge is 0.719 e. The summed E-state index contributed by atoms with van der Waals surface area (Å²) in [5, 5.41) is 17.2. The van der Waals surface area contributed by atoms with Crippen molar-refractivity contribution in [2.24, 2.45) is 0 Å². The van der Waals surface area contributed by atoms with Gasteiger partial charge in [0.15, 0.2) is 5.76 Å². The molecule has 0 N–H and O–H groups in total. The van der Waals surface area contributed by atoms with Crippen LogP contribution in [-0.2, 0) is 12.6 Å². The van der Waals surface area contributed by atoms with Gasteiger partial charge < -0.3 is 21.5 Å². The van der Waals surface area contributed by atoms with Crippen LogP contribution in [0.4, 0.5) is 5.88 Å². The Morgan fingerprint density at radius 3 is 2.64 bits per heavy atom. The molecule has 7 nitrogen and oxygen atoms in total. The van der Waals surface area contributed by atoms with Crippen molar-refractivity contribution >= 4 is 18.5 Å². The van der Waals surface area contributed by atoms with E-state index in [1.807, 2.05) is 0 Å². The molecule has 0 amide bonds. The standard InChI is InChI=1S/C6H3N3O4S/c10-9(11)4-2-1-3(12-4)5-7-8-6(14)13-5/h1-2H,(H,8,14)/p-1. The van der Waals surface area contributed by atoms with Gasteiger partial charge in [-0.15, -0.1) is 10.2 Å². The van der Waals surface area contributed by atoms with Crippen LogP contribution in [0.5, 0.6) is 0 Å². The fourth-order valence-electron chi connectivity index (χ4n) is 0.850. The summed E-state index contributed by atoms with van der Waals surface area (Å²) in [5.74, 6) is -0.229. The van der Waals surface area contributed by atoms with Gasteiger partial charge in [0.25, 0.3) is 5.89 Å². The van der Waals surface area contributed by atoms with Crippen LogP contribution in [0.25, 0.3) is 11.7 Å². The maximum atomic E-state index is 10.3. The van der Waals surface area contributed by atoms with Gasteiger partial charge in [-0.2, -0.15) is 0 Å². The van der Waals surface area contributed by atoms with E-state index < -0.39 is 4.92 Å². The van der Waals surface area contributed by atoms with E-state index in [0.29, 0.717) is 0 Å². The summed E-state index contributed by atoms with van der Waals surface area (Å²) in [6, 6.07) is 2.56. The lowest BCUT2D eigenvalue weighted by molar-refractivity contribution is -0.401. The highest BCUT2D eigenvalue weighted by Gasteiger charge is 2.15. The molecule has 2 heterocycles. The molecular formula is C6H2N3O4S-. The molecule has 0 aliphatic rings. The van der Waals surface area contributed by atoms with E-state index in [1.54, 1.807) is 0 Å². The monoisotopic (exact) mass is 212 g/mol. The lowest BCUT2D eigenvalue weighted by Crippen LogP contribution is -1.82. The van der Waals surface area contributed by atoms with Crippen molar-refractivity contribution < 1.29 is 13.8 Å². The molecule has 0 fully saturated rings. The third-order valence-electron chi connectivity index (χ3n) is 1.39. The van der Waals surface area contributed by atoms with Crippen LogP contribution in [0.3, 0.4) is 0 Å². The van der Waals surface area contributed by atoms with Crippen LogP contribution in [0.1, 0.15) is 0 Å². The molecule has 0 bridgehead atoms. The van der Waals surface area contributed by atoms with Crippen LogP contribution < -0.4 is 0 Å². The Labute approximate surface area is 82.3 Å². The molecule has 0 saturated heterocycles. The number of hydrogen-bond donors (Lipinski definition) is 0. The zero-order chi connectivity index (χ0) is 10.1. The van der Waals surface area contributed by atoms with E-state index in [1.165, 1.54) is 12.1 Å². The van der Waals surface area contributed by atoms with E-state index >= 15 is 0 Å². The summed E-state index contributed by atoms with van der Waals surface area (Å²) in [5.41, 5.74) is 0. The first kappa shape index (κ1) is 8.63. The molecule has 2 rings (SSSR count). The highest BCUT2D eigenvalue weighted by molar-refractivity contribution is 7.58. The Balaban J connectivity index is 2.38. The number of rotatable bonds is 2. The molecule has 0 aliphatic heterocycles. The molecule has 14 heavy (non-hydrogen) atoms. The molecule has 0 spiro atoms. The second-order valence-electron chi connectivity index (χ2n) is 2.27. The lowest BCUT2D eigenvalue weighted by Gasteiger charge is -1.89. The number of furan rings is 1. The summed E-state index contributed by atoms with van der Waals surface area (Å²) in [7, 11) is 0. The predicted octanol–water partition coefficient (Wildman–Crippen LogP) is 1.14. The first-order valence-electron chi connectivity index (χ1n) is 3.42. The van der Waals surface area contributed by atoms with Gasteiger partial charge in [-0.05, 0) is 6.07 Å². The van der Waals surface area contributed by atoms with Crippen molar-refractivity contribution in [3.63, 3.8) is 0 Å². The molecule has 0 aromatic carbocycles. The van der Waals surface area contributed by atoms with Gasteiger partial charge in [0.1, 0.15) is 4.92 Å². The summed E-state index contributed by atoms with van der Waals surface area (Å²) in [6.07, 6.45) is 0. The highest BCUT2D eigenvalue weighted by atomic mass is 32.1. The summed E-state index contributed by atoms with van der Waals surface area (Å²) < 4.78 is 9.64. The van der Waals surface area contributed by atoms with Gasteiger partial charge >= 0.3 is 5.88 Å². The second-order valence-corrected chi connectivity index (χ2v) is 2.62. The highest BCUT2D eigenvalue weighted by Crippen LogP contribution is 2.24. The van der Waals surface area contributed by atoms with Crippen molar-refractivity contribution in [2.45, 2.75) is 5.22 Å². The number of nitrogens with zero attached hydrogens (tertiary/aromatic N) is 3. The average molecular weight is 212 g/mol. The molecule has 2 aromatic heterocycles. The number of nitro groups is 1. The molecule has 0 atom stereocenters. The minimum absolute atomic E-state index is 0.0306. The van der Waals surface area contributed by atoms with Crippen molar-refractivity contribution in [1.82, 2.24) is 10.2 Å². The Kier molecular flexibility index (Phi) is 1.89. The van der Waals surface area contributed by atoms with Crippen molar-refractivity contribution in [2.75, 3.05) is 0 Å². The Morgan fingerprint density at radius 2 is 2.14 bits per heavy atom. The van der Waals surface area contributed by atoms with E-state index in [-0.39, 0.29) is 22.8 Å². The first-order chi connectivity index (χ1) is 6.66. The molecule has 0 unspecified atom stereocenters. The fourth-order valence-corrected chi connectivity index (χ4v) is 0.970. The smallest absolute Gasteiger partial charge is 0.433 e. The van der Waals surface area contributed by atoms with Gasteiger partial charge in [0.05, 0.1) is 11.3 Å². The zero-order valence-corrected chi connectivity index (χ0v) is 7.35. The fraction of sp³-hybridized carbons (Fsp3) is 0. The van der Waals surface area contributed by atoms with Crippen LogP contribution in [0, 0.1) is 10.1 Å². The Hall–Kier alpha value is -1.96. The maximum absolute atomic E-state index is 10.3. The van der Waals surface area contributed by atoms with Crippen LogP contribution in [0.2, 0.25) is 0 Å². The summed E-state index contributed by atoms with van der Waals surface area (Å²) in [4.78, 5) is 9.62. The van der Waals surface area contributed by atoms with Gasteiger partial charge in [0, 0.05) is 0 Å². The normalized spacial score (nSPS) is 10.3. The number of aromatic nitrogens is 2.